The maximum atomic E-state index is 5.23. The van der Waals surface area contributed by atoms with Gasteiger partial charge in [0.05, 0.1) is 18.5 Å². The van der Waals surface area contributed by atoms with Gasteiger partial charge in [0, 0.05) is 31.1 Å². The third kappa shape index (κ3) is 3.00. The van der Waals surface area contributed by atoms with Crippen LogP contribution in [0.2, 0.25) is 0 Å². The van der Waals surface area contributed by atoms with Gasteiger partial charge in [0.2, 0.25) is 0 Å². The second-order valence-electron chi connectivity index (χ2n) is 6.75. The Kier molecular flexibility index (Phi) is 4.08. The standard InChI is InChI=1S/C19H25N3O/c1-23-16-9-7-14(8-10-16)19-20-17-11-12-22(13-18(17)21-19)15-5-3-2-4-6-15/h7-10,15H,2-6,11-13H2,1H3,(H,20,21). The van der Waals surface area contributed by atoms with Crippen LogP contribution in [0.5, 0.6) is 5.75 Å². The highest BCUT2D eigenvalue weighted by atomic mass is 16.5. The zero-order chi connectivity index (χ0) is 15.6. The summed E-state index contributed by atoms with van der Waals surface area (Å²) in [6.45, 7) is 2.19. The van der Waals surface area contributed by atoms with Crippen molar-refractivity contribution < 1.29 is 4.74 Å². The predicted octanol–water partition coefficient (Wildman–Crippen LogP) is 3.78. The van der Waals surface area contributed by atoms with Gasteiger partial charge >= 0.3 is 0 Å². The molecule has 4 rings (SSSR count). The first kappa shape index (κ1) is 14.8. The highest BCUT2D eigenvalue weighted by molar-refractivity contribution is 5.57. The van der Waals surface area contributed by atoms with E-state index in [2.05, 4.69) is 22.0 Å². The van der Waals surface area contributed by atoms with Crippen LogP contribution in [0.3, 0.4) is 0 Å². The fraction of sp³-hybridized carbons (Fsp3) is 0.526. The normalized spacial score (nSPS) is 19.5. The Hall–Kier alpha value is -1.81. The van der Waals surface area contributed by atoms with E-state index in [0.29, 0.717) is 0 Å². The maximum absolute atomic E-state index is 5.23. The molecule has 1 aliphatic carbocycles. The average molecular weight is 311 g/mol. The van der Waals surface area contributed by atoms with Crippen molar-refractivity contribution in [3.05, 3.63) is 35.7 Å². The van der Waals surface area contributed by atoms with Crippen LogP contribution in [0.4, 0.5) is 0 Å². The van der Waals surface area contributed by atoms with Gasteiger partial charge in [-0.2, -0.15) is 0 Å². The highest BCUT2D eigenvalue weighted by Gasteiger charge is 2.27. The summed E-state index contributed by atoms with van der Waals surface area (Å²) in [7, 11) is 1.69. The van der Waals surface area contributed by atoms with Crippen molar-refractivity contribution in [2.75, 3.05) is 13.7 Å². The number of hydrogen-bond acceptors (Lipinski definition) is 3. The summed E-state index contributed by atoms with van der Waals surface area (Å²) in [6.07, 6.45) is 8.02. The molecule has 1 aromatic carbocycles. The molecule has 1 saturated carbocycles. The molecule has 1 aromatic heterocycles. The van der Waals surface area contributed by atoms with E-state index in [9.17, 15) is 0 Å². The van der Waals surface area contributed by atoms with Gasteiger partial charge in [-0.15, -0.1) is 0 Å². The summed E-state index contributed by atoms with van der Waals surface area (Å²) < 4.78 is 5.23. The van der Waals surface area contributed by atoms with Crippen LogP contribution in [0.25, 0.3) is 11.4 Å². The van der Waals surface area contributed by atoms with E-state index in [1.54, 1.807) is 7.11 Å². The van der Waals surface area contributed by atoms with Crippen molar-refractivity contribution in [2.24, 2.45) is 0 Å². The Morgan fingerprint density at radius 1 is 1.13 bits per heavy atom. The zero-order valence-corrected chi connectivity index (χ0v) is 13.8. The average Bonchev–Trinajstić information content (AvgIpc) is 3.06. The van der Waals surface area contributed by atoms with Crippen LogP contribution in [0, 0.1) is 0 Å². The number of aromatic nitrogens is 2. The largest absolute Gasteiger partial charge is 0.497 e. The van der Waals surface area contributed by atoms with Gasteiger partial charge in [0.1, 0.15) is 11.6 Å². The fourth-order valence-electron chi connectivity index (χ4n) is 3.96. The van der Waals surface area contributed by atoms with E-state index in [4.69, 9.17) is 9.72 Å². The maximum Gasteiger partial charge on any atom is 0.137 e. The lowest BCUT2D eigenvalue weighted by atomic mass is 9.93. The Morgan fingerprint density at radius 2 is 1.91 bits per heavy atom. The molecule has 0 bridgehead atoms. The van der Waals surface area contributed by atoms with Crippen LogP contribution in [0.15, 0.2) is 24.3 Å². The molecular formula is C19H25N3O. The number of aromatic amines is 1. The molecule has 122 valence electrons. The second-order valence-corrected chi connectivity index (χ2v) is 6.75. The highest BCUT2D eigenvalue weighted by Crippen LogP contribution is 2.29. The molecule has 2 aliphatic rings. The van der Waals surface area contributed by atoms with Gasteiger partial charge in [0.15, 0.2) is 0 Å². The predicted molar refractivity (Wildman–Crippen MR) is 91.6 cm³/mol. The minimum Gasteiger partial charge on any atom is -0.497 e. The van der Waals surface area contributed by atoms with Gasteiger partial charge in [0.25, 0.3) is 0 Å². The zero-order valence-electron chi connectivity index (χ0n) is 13.8. The van der Waals surface area contributed by atoms with Crippen LogP contribution in [0.1, 0.15) is 43.5 Å². The second kappa shape index (κ2) is 6.36. The Labute approximate surface area is 137 Å². The van der Waals surface area contributed by atoms with E-state index in [-0.39, 0.29) is 0 Å². The Bertz CT molecular complexity index is 656. The SMILES string of the molecule is COc1ccc(-c2nc3c([nH]2)CN(C2CCCCC2)CC3)cc1. The smallest absolute Gasteiger partial charge is 0.137 e. The van der Waals surface area contributed by atoms with Crippen molar-refractivity contribution in [3.8, 4) is 17.1 Å². The molecule has 0 amide bonds. The first-order valence-electron chi connectivity index (χ1n) is 8.80. The number of imidazole rings is 1. The van der Waals surface area contributed by atoms with Gasteiger partial charge in [-0.05, 0) is 37.1 Å². The van der Waals surface area contributed by atoms with Gasteiger partial charge < -0.3 is 9.72 Å². The van der Waals surface area contributed by atoms with E-state index in [1.165, 1.54) is 43.5 Å². The Balaban J connectivity index is 1.52. The number of fused-ring (bicyclic) bond motifs is 1. The molecule has 0 radical (unpaired) electrons. The minimum absolute atomic E-state index is 0.782. The lowest BCUT2D eigenvalue weighted by Gasteiger charge is -2.36. The summed E-state index contributed by atoms with van der Waals surface area (Å²) in [5, 5.41) is 0. The van der Waals surface area contributed by atoms with Crippen molar-refractivity contribution in [2.45, 2.75) is 51.1 Å². The van der Waals surface area contributed by atoms with Gasteiger partial charge in [-0.3, -0.25) is 4.90 Å². The van der Waals surface area contributed by atoms with Crippen molar-refractivity contribution in [1.29, 1.82) is 0 Å². The molecule has 4 nitrogen and oxygen atoms in total. The van der Waals surface area contributed by atoms with Crippen LogP contribution in [-0.4, -0.2) is 34.6 Å². The molecule has 23 heavy (non-hydrogen) atoms. The third-order valence-corrected chi connectivity index (χ3v) is 5.32. The number of methoxy groups -OCH3 is 1. The molecule has 4 heteroatoms. The fourth-order valence-corrected chi connectivity index (χ4v) is 3.96. The number of ether oxygens (including phenoxy) is 1. The van der Waals surface area contributed by atoms with Crippen molar-refractivity contribution in [1.82, 2.24) is 14.9 Å². The van der Waals surface area contributed by atoms with Gasteiger partial charge in [-0.1, -0.05) is 19.3 Å². The van der Waals surface area contributed by atoms with Gasteiger partial charge in [-0.25, -0.2) is 4.98 Å². The molecule has 0 atom stereocenters. The van der Waals surface area contributed by atoms with Crippen molar-refractivity contribution >= 4 is 0 Å². The summed E-state index contributed by atoms with van der Waals surface area (Å²) in [4.78, 5) is 11.1. The minimum atomic E-state index is 0.782. The summed E-state index contributed by atoms with van der Waals surface area (Å²) in [5.41, 5.74) is 3.69. The lowest BCUT2D eigenvalue weighted by Crippen LogP contribution is -2.40. The number of nitrogens with zero attached hydrogens (tertiary/aromatic N) is 2. The molecule has 1 N–H and O–H groups in total. The van der Waals surface area contributed by atoms with E-state index >= 15 is 0 Å². The number of H-pyrrole nitrogens is 1. The molecule has 1 aliphatic heterocycles. The monoisotopic (exact) mass is 311 g/mol. The molecule has 0 spiro atoms. The van der Waals surface area contributed by atoms with E-state index in [0.717, 1.165) is 42.7 Å². The molecule has 2 aromatic rings. The topological polar surface area (TPSA) is 41.1 Å². The van der Waals surface area contributed by atoms with Crippen LogP contribution in [-0.2, 0) is 13.0 Å². The number of benzene rings is 1. The Morgan fingerprint density at radius 3 is 2.65 bits per heavy atom. The number of hydrogen-bond donors (Lipinski definition) is 1. The van der Waals surface area contributed by atoms with E-state index in [1.807, 2.05) is 12.1 Å². The first-order chi connectivity index (χ1) is 11.3. The lowest BCUT2D eigenvalue weighted by molar-refractivity contribution is 0.139. The van der Waals surface area contributed by atoms with Crippen LogP contribution >= 0.6 is 0 Å². The number of nitrogens with one attached hydrogen (secondary N) is 1. The van der Waals surface area contributed by atoms with Crippen molar-refractivity contribution in [3.63, 3.8) is 0 Å². The first-order valence-corrected chi connectivity index (χ1v) is 8.80. The molecular weight excluding hydrogens is 286 g/mol. The third-order valence-electron chi connectivity index (χ3n) is 5.32. The van der Waals surface area contributed by atoms with Crippen LogP contribution < -0.4 is 4.74 Å². The molecule has 1 fully saturated rings. The van der Waals surface area contributed by atoms with E-state index < -0.39 is 0 Å². The summed E-state index contributed by atoms with van der Waals surface area (Å²) in [6, 6.07) is 8.91. The number of rotatable bonds is 3. The summed E-state index contributed by atoms with van der Waals surface area (Å²) >= 11 is 0. The molecule has 2 heterocycles. The molecule has 0 saturated heterocycles. The summed E-state index contributed by atoms with van der Waals surface area (Å²) in [5.74, 6) is 1.87. The molecule has 0 unspecified atom stereocenters. The quantitative estimate of drug-likeness (QED) is 0.938.